The van der Waals surface area contributed by atoms with Gasteiger partial charge in [0.05, 0.1) is 11.6 Å². The van der Waals surface area contributed by atoms with E-state index < -0.39 is 29.0 Å². The van der Waals surface area contributed by atoms with Crippen molar-refractivity contribution in [2.24, 2.45) is 11.3 Å². The van der Waals surface area contributed by atoms with Gasteiger partial charge in [-0.05, 0) is 30.4 Å². The molecule has 1 saturated carbocycles. The van der Waals surface area contributed by atoms with E-state index >= 15 is 0 Å². The van der Waals surface area contributed by atoms with Gasteiger partial charge in [-0.1, -0.05) is 32.0 Å². The summed E-state index contributed by atoms with van der Waals surface area (Å²) in [6.07, 6.45) is -3.94. The zero-order valence-electron chi connectivity index (χ0n) is 11.9. The van der Waals surface area contributed by atoms with Gasteiger partial charge in [-0.2, -0.15) is 18.4 Å². The molecular formula is C16H16F3NO. The average molecular weight is 295 g/mol. The van der Waals surface area contributed by atoms with Gasteiger partial charge < -0.3 is 0 Å². The smallest absolute Gasteiger partial charge is 0.298 e. The molecule has 1 aromatic carbocycles. The summed E-state index contributed by atoms with van der Waals surface area (Å²) >= 11 is 0. The third-order valence-corrected chi connectivity index (χ3v) is 4.12. The van der Waals surface area contributed by atoms with Crippen LogP contribution in [0, 0.1) is 22.7 Å². The first-order valence-corrected chi connectivity index (χ1v) is 6.77. The van der Waals surface area contributed by atoms with Crippen molar-refractivity contribution in [3.05, 3.63) is 35.4 Å². The first-order chi connectivity index (χ1) is 9.66. The Morgan fingerprint density at radius 2 is 1.90 bits per heavy atom. The van der Waals surface area contributed by atoms with E-state index in [-0.39, 0.29) is 17.8 Å². The Balaban J connectivity index is 2.44. The third-order valence-electron chi connectivity index (χ3n) is 4.12. The third kappa shape index (κ3) is 2.94. The number of rotatable bonds is 1. The lowest BCUT2D eigenvalue weighted by Crippen LogP contribution is -2.38. The molecule has 1 aliphatic carbocycles. The number of hydrogen-bond acceptors (Lipinski definition) is 2. The first-order valence-electron chi connectivity index (χ1n) is 6.77. The number of alkyl halides is 3. The van der Waals surface area contributed by atoms with Crippen molar-refractivity contribution in [1.82, 2.24) is 0 Å². The molecule has 0 aromatic heterocycles. The molecule has 112 valence electrons. The predicted octanol–water partition coefficient (Wildman–Crippen LogP) is 4.32. The van der Waals surface area contributed by atoms with E-state index in [1.165, 1.54) is 12.1 Å². The van der Waals surface area contributed by atoms with E-state index in [2.05, 4.69) is 0 Å². The summed E-state index contributed by atoms with van der Waals surface area (Å²) < 4.78 is 39.4. The minimum absolute atomic E-state index is 0.159. The van der Waals surface area contributed by atoms with Gasteiger partial charge in [0.15, 0.2) is 5.78 Å². The molecular weight excluding hydrogens is 279 g/mol. The largest absolute Gasteiger partial charge is 0.416 e. The Bertz CT molecular complexity index is 598. The average Bonchev–Trinajstić information content (AvgIpc) is 2.40. The number of nitrogens with zero attached hydrogens (tertiary/aromatic N) is 1. The summed E-state index contributed by atoms with van der Waals surface area (Å²) in [6.45, 7) is 3.39. The van der Waals surface area contributed by atoms with Crippen molar-refractivity contribution in [3.8, 4) is 6.07 Å². The highest BCUT2D eigenvalue weighted by Gasteiger charge is 2.44. The van der Waals surface area contributed by atoms with Crippen molar-refractivity contribution < 1.29 is 18.0 Å². The van der Waals surface area contributed by atoms with Crippen LogP contribution in [0.5, 0.6) is 0 Å². The first kappa shape index (κ1) is 15.6. The molecule has 5 heteroatoms. The van der Waals surface area contributed by atoms with Crippen LogP contribution < -0.4 is 0 Å². The highest BCUT2D eigenvalue weighted by Crippen LogP contribution is 2.46. The van der Waals surface area contributed by atoms with Crippen LogP contribution in [0.4, 0.5) is 13.2 Å². The number of halogens is 3. The molecule has 21 heavy (non-hydrogen) atoms. The summed E-state index contributed by atoms with van der Waals surface area (Å²) in [5, 5.41) is 9.09. The molecule has 2 rings (SSSR count). The Morgan fingerprint density at radius 1 is 1.29 bits per heavy atom. The quantitative estimate of drug-likeness (QED) is 0.774. The molecule has 0 aliphatic heterocycles. The fourth-order valence-electron chi connectivity index (χ4n) is 3.12. The van der Waals surface area contributed by atoms with Gasteiger partial charge in [-0.3, -0.25) is 4.79 Å². The Kier molecular flexibility index (Phi) is 3.83. The molecule has 0 spiro atoms. The molecule has 0 bridgehead atoms. The van der Waals surface area contributed by atoms with Gasteiger partial charge in [0, 0.05) is 5.41 Å². The number of nitriles is 1. The van der Waals surface area contributed by atoms with Crippen molar-refractivity contribution in [2.75, 3.05) is 0 Å². The van der Waals surface area contributed by atoms with Gasteiger partial charge >= 0.3 is 6.18 Å². The van der Waals surface area contributed by atoms with Gasteiger partial charge in [0.25, 0.3) is 0 Å². The highest BCUT2D eigenvalue weighted by atomic mass is 19.4. The van der Waals surface area contributed by atoms with E-state index in [1.807, 2.05) is 6.07 Å². The summed E-state index contributed by atoms with van der Waals surface area (Å²) in [6, 6.07) is 7.36. The minimum atomic E-state index is -4.43. The second-order valence-electron chi connectivity index (χ2n) is 6.15. The fraction of sp³-hybridized carbons (Fsp3) is 0.500. The molecule has 1 aromatic rings. The maximum atomic E-state index is 13.1. The van der Waals surface area contributed by atoms with Gasteiger partial charge in [0.1, 0.15) is 5.92 Å². The van der Waals surface area contributed by atoms with Crippen LogP contribution >= 0.6 is 0 Å². The second kappa shape index (κ2) is 5.18. The molecule has 1 fully saturated rings. The molecule has 0 amide bonds. The lowest BCUT2D eigenvalue weighted by molar-refractivity contribution is -0.138. The molecule has 0 saturated heterocycles. The van der Waals surface area contributed by atoms with Crippen LogP contribution in [0.3, 0.4) is 0 Å². The summed E-state index contributed by atoms with van der Waals surface area (Å²) in [5.41, 5.74) is -1.26. The second-order valence-corrected chi connectivity index (χ2v) is 6.15. The SMILES string of the molecule is CC1(C)CC(c2ccccc2C(F)(F)F)CC(C#N)C1=O. The fourth-order valence-corrected chi connectivity index (χ4v) is 3.12. The Morgan fingerprint density at radius 3 is 2.48 bits per heavy atom. The monoisotopic (exact) mass is 295 g/mol. The number of ketones is 1. The molecule has 2 unspecified atom stereocenters. The van der Waals surface area contributed by atoms with Gasteiger partial charge in [-0.15, -0.1) is 0 Å². The van der Waals surface area contributed by atoms with Crippen molar-refractivity contribution in [1.29, 1.82) is 5.26 Å². The van der Waals surface area contributed by atoms with Crippen LogP contribution in [0.15, 0.2) is 24.3 Å². The van der Waals surface area contributed by atoms with Crippen molar-refractivity contribution in [2.45, 2.75) is 38.8 Å². The summed E-state index contributed by atoms with van der Waals surface area (Å²) in [4.78, 5) is 12.1. The van der Waals surface area contributed by atoms with Crippen molar-refractivity contribution >= 4 is 5.78 Å². The molecule has 0 N–H and O–H groups in total. The Hall–Kier alpha value is -1.83. The van der Waals surface area contributed by atoms with Crippen LogP contribution in [-0.4, -0.2) is 5.78 Å². The standard InChI is InChI=1S/C16H16F3NO/c1-15(2)8-10(7-11(9-20)14(15)21)12-5-3-4-6-13(12)16(17,18)19/h3-6,10-11H,7-8H2,1-2H3. The van der Waals surface area contributed by atoms with E-state index in [0.717, 1.165) is 6.07 Å². The van der Waals surface area contributed by atoms with E-state index in [9.17, 15) is 18.0 Å². The Labute approximate surface area is 121 Å². The number of carbonyl (C=O) groups is 1. The minimum Gasteiger partial charge on any atom is -0.298 e. The lowest BCUT2D eigenvalue weighted by Gasteiger charge is -2.37. The zero-order chi connectivity index (χ0) is 15.8. The number of hydrogen-bond donors (Lipinski definition) is 0. The lowest BCUT2D eigenvalue weighted by atomic mass is 9.65. The number of Topliss-reactive ketones (excluding diaryl/α,β-unsaturated/α-hetero) is 1. The van der Waals surface area contributed by atoms with Crippen molar-refractivity contribution in [3.63, 3.8) is 0 Å². The maximum Gasteiger partial charge on any atom is 0.416 e. The summed E-state index contributed by atoms with van der Waals surface area (Å²) in [5.74, 6) is -1.44. The van der Waals surface area contributed by atoms with E-state index in [4.69, 9.17) is 5.26 Å². The maximum absolute atomic E-state index is 13.1. The topological polar surface area (TPSA) is 40.9 Å². The number of benzene rings is 1. The van der Waals surface area contributed by atoms with Crippen LogP contribution in [0.25, 0.3) is 0 Å². The van der Waals surface area contributed by atoms with Crippen LogP contribution in [-0.2, 0) is 11.0 Å². The van der Waals surface area contributed by atoms with Gasteiger partial charge in [0.2, 0.25) is 0 Å². The zero-order valence-corrected chi connectivity index (χ0v) is 11.9. The normalized spacial score (nSPS) is 25.4. The molecule has 2 atom stereocenters. The van der Waals surface area contributed by atoms with Gasteiger partial charge in [-0.25, -0.2) is 0 Å². The molecule has 2 nitrogen and oxygen atoms in total. The van der Waals surface area contributed by atoms with Crippen LogP contribution in [0.1, 0.15) is 43.7 Å². The molecule has 0 radical (unpaired) electrons. The number of carbonyl (C=O) groups excluding carboxylic acids is 1. The molecule has 0 heterocycles. The van der Waals surface area contributed by atoms with Crippen LogP contribution in [0.2, 0.25) is 0 Å². The summed E-state index contributed by atoms with van der Waals surface area (Å²) in [7, 11) is 0. The predicted molar refractivity (Wildman–Crippen MR) is 71.3 cm³/mol. The van der Waals surface area contributed by atoms with E-state index in [0.29, 0.717) is 6.42 Å². The van der Waals surface area contributed by atoms with E-state index in [1.54, 1.807) is 19.9 Å². The molecule has 1 aliphatic rings. The highest BCUT2D eigenvalue weighted by molar-refractivity contribution is 5.89.